The molecule has 0 radical (unpaired) electrons. The second kappa shape index (κ2) is 8.79. The highest BCUT2D eigenvalue weighted by Gasteiger charge is 2.26. The van der Waals surface area contributed by atoms with Crippen LogP contribution in [0.1, 0.15) is 74.1 Å². The van der Waals surface area contributed by atoms with Crippen LogP contribution >= 0.6 is 0 Å². The number of phenols is 1. The Kier molecular flexibility index (Phi) is 6.42. The van der Waals surface area contributed by atoms with E-state index < -0.39 is 0 Å². The molecule has 0 unspecified atom stereocenters. The highest BCUT2D eigenvalue weighted by molar-refractivity contribution is 6.09. The number of nitrogens with one attached hydrogen (secondary N) is 1. The lowest BCUT2D eigenvalue weighted by molar-refractivity contribution is 0.0937. The molecule has 1 aromatic carbocycles. The van der Waals surface area contributed by atoms with Crippen molar-refractivity contribution < 1.29 is 14.3 Å². The molecule has 3 rings (SSSR count). The highest BCUT2D eigenvalue weighted by Crippen LogP contribution is 2.35. The maximum Gasteiger partial charge on any atom is 0.255 e. The number of nitrogens with zero attached hydrogens (tertiary/aromatic N) is 1. The van der Waals surface area contributed by atoms with E-state index in [4.69, 9.17) is 4.42 Å². The van der Waals surface area contributed by atoms with Crippen molar-refractivity contribution in [3.8, 4) is 5.75 Å². The molecule has 1 amide bonds. The van der Waals surface area contributed by atoms with E-state index in [1.54, 1.807) is 12.1 Å². The van der Waals surface area contributed by atoms with Crippen LogP contribution in [0.25, 0.3) is 11.0 Å². The SMILES string of the molecule is CCCN(CCC)Cc1c(O)ccc2oc(C)c(C(=O)NC3CCCC3)c12. The van der Waals surface area contributed by atoms with Crippen molar-refractivity contribution in [1.82, 2.24) is 10.2 Å². The molecule has 0 bridgehead atoms. The lowest BCUT2D eigenvalue weighted by Crippen LogP contribution is -2.33. The number of benzene rings is 1. The minimum absolute atomic E-state index is 0.0810. The lowest BCUT2D eigenvalue weighted by Gasteiger charge is -2.22. The number of fused-ring (bicyclic) bond motifs is 1. The van der Waals surface area contributed by atoms with Crippen molar-refractivity contribution in [3.63, 3.8) is 0 Å². The molecule has 1 saturated carbocycles. The van der Waals surface area contributed by atoms with Gasteiger partial charge >= 0.3 is 0 Å². The van der Waals surface area contributed by atoms with E-state index in [0.717, 1.165) is 49.7 Å². The molecule has 0 spiro atoms. The molecule has 148 valence electrons. The van der Waals surface area contributed by atoms with Gasteiger partial charge in [0.2, 0.25) is 0 Å². The number of hydrogen-bond donors (Lipinski definition) is 2. The first-order valence-corrected chi connectivity index (χ1v) is 10.3. The Balaban J connectivity index is 1.99. The summed E-state index contributed by atoms with van der Waals surface area (Å²) < 4.78 is 5.89. The molecule has 0 saturated heterocycles. The van der Waals surface area contributed by atoms with Gasteiger partial charge in [-0.15, -0.1) is 0 Å². The molecule has 1 heterocycles. The lowest BCUT2D eigenvalue weighted by atomic mass is 10.0. The van der Waals surface area contributed by atoms with Gasteiger partial charge in [0.1, 0.15) is 17.1 Å². The summed E-state index contributed by atoms with van der Waals surface area (Å²) in [4.78, 5) is 15.4. The van der Waals surface area contributed by atoms with E-state index in [1.807, 2.05) is 6.92 Å². The van der Waals surface area contributed by atoms with Gasteiger partial charge < -0.3 is 14.8 Å². The number of furan rings is 1. The van der Waals surface area contributed by atoms with Gasteiger partial charge in [-0.1, -0.05) is 26.7 Å². The largest absolute Gasteiger partial charge is 0.508 e. The summed E-state index contributed by atoms with van der Waals surface area (Å²) in [5, 5.41) is 14.5. The Hall–Kier alpha value is -2.01. The van der Waals surface area contributed by atoms with Crippen LogP contribution in [0.3, 0.4) is 0 Å². The average molecular weight is 373 g/mol. The molecule has 0 atom stereocenters. The first-order valence-electron chi connectivity index (χ1n) is 10.3. The standard InChI is InChI=1S/C22H32N2O3/c1-4-12-24(13-5-2)14-17-18(25)10-11-19-21(17)20(15(3)27-19)22(26)23-16-8-6-7-9-16/h10-11,16,25H,4-9,12-14H2,1-3H3,(H,23,26). The van der Waals surface area contributed by atoms with Crippen LogP contribution in [0, 0.1) is 6.92 Å². The smallest absolute Gasteiger partial charge is 0.255 e. The topological polar surface area (TPSA) is 65.7 Å². The fourth-order valence-electron chi connectivity index (χ4n) is 4.25. The molecule has 1 aliphatic rings. The third-order valence-corrected chi connectivity index (χ3v) is 5.49. The quantitative estimate of drug-likeness (QED) is 0.702. The van der Waals surface area contributed by atoms with Gasteiger partial charge in [0, 0.05) is 23.5 Å². The van der Waals surface area contributed by atoms with E-state index >= 15 is 0 Å². The highest BCUT2D eigenvalue weighted by atomic mass is 16.3. The van der Waals surface area contributed by atoms with Gasteiger partial charge in [0.05, 0.1) is 5.56 Å². The van der Waals surface area contributed by atoms with E-state index in [2.05, 4.69) is 24.1 Å². The third-order valence-electron chi connectivity index (χ3n) is 5.49. The summed E-state index contributed by atoms with van der Waals surface area (Å²) in [7, 11) is 0. The fraction of sp³-hybridized carbons (Fsp3) is 0.591. The van der Waals surface area contributed by atoms with Gasteiger partial charge in [-0.3, -0.25) is 9.69 Å². The summed E-state index contributed by atoms with van der Waals surface area (Å²) in [5.74, 6) is 0.767. The van der Waals surface area contributed by atoms with Crippen LogP contribution in [0.2, 0.25) is 0 Å². The van der Waals surface area contributed by atoms with Crippen LogP contribution in [0.4, 0.5) is 0 Å². The maximum atomic E-state index is 13.0. The zero-order valence-electron chi connectivity index (χ0n) is 16.8. The monoisotopic (exact) mass is 372 g/mol. The molecule has 1 fully saturated rings. The molecule has 2 N–H and O–H groups in total. The second-order valence-corrected chi connectivity index (χ2v) is 7.70. The van der Waals surface area contributed by atoms with Gasteiger partial charge in [-0.2, -0.15) is 0 Å². The van der Waals surface area contributed by atoms with E-state index in [-0.39, 0.29) is 17.7 Å². The molecule has 5 nitrogen and oxygen atoms in total. The fourth-order valence-corrected chi connectivity index (χ4v) is 4.25. The predicted octanol–water partition coefficient (Wildman–Crippen LogP) is 4.74. The zero-order valence-corrected chi connectivity index (χ0v) is 16.8. The molecular formula is C22H32N2O3. The van der Waals surface area contributed by atoms with Crippen molar-refractivity contribution in [2.45, 2.75) is 71.9 Å². The van der Waals surface area contributed by atoms with Crippen LogP contribution in [0.15, 0.2) is 16.5 Å². The third kappa shape index (κ3) is 4.29. The van der Waals surface area contributed by atoms with Crippen LogP contribution in [-0.2, 0) is 6.54 Å². The first kappa shape index (κ1) is 19.7. The molecule has 27 heavy (non-hydrogen) atoms. The predicted molar refractivity (Wildman–Crippen MR) is 108 cm³/mol. The van der Waals surface area contributed by atoms with Crippen molar-refractivity contribution in [1.29, 1.82) is 0 Å². The number of aryl methyl sites for hydroxylation is 1. The Bertz CT molecular complexity index is 784. The molecular weight excluding hydrogens is 340 g/mol. The van der Waals surface area contributed by atoms with Crippen molar-refractivity contribution in [2.75, 3.05) is 13.1 Å². The Morgan fingerprint density at radius 3 is 2.52 bits per heavy atom. The summed E-state index contributed by atoms with van der Waals surface area (Å²) in [6.45, 7) is 8.69. The van der Waals surface area contributed by atoms with Crippen molar-refractivity contribution in [2.24, 2.45) is 0 Å². The molecule has 1 aliphatic carbocycles. The van der Waals surface area contributed by atoms with Crippen molar-refractivity contribution in [3.05, 3.63) is 29.0 Å². The summed E-state index contributed by atoms with van der Waals surface area (Å²) in [6.07, 6.45) is 6.53. The number of hydrogen-bond acceptors (Lipinski definition) is 4. The van der Waals surface area contributed by atoms with Crippen LogP contribution in [-0.4, -0.2) is 35.0 Å². The minimum Gasteiger partial charge on any atom is -0.508 e. The molecule has 0 aliphatic heterocycles. The normalized spacial score (nSPS) is 15.1. The van der Waals surface area contributed by atoms with E-state index in [0.29, 0.717) is 23.5 Å². The minimum atomic E-state index is -0.0810. The number of phenolic OH excluding ortho intramolecular Hbond substituents is 1. The maximum absolute atomic E-state index is 13.0. The number of rotatable bonds is 8. The van der Waals surface area contributed by atoms with Gasteiger partial charge in [0.25, 0.3) is 5.91 Å². The molecule has 5 heteroatoms. The van der Waals surface area contributed by atoms with Crippen molar-refractivity contribution >= 4 is 16.9 Å². The van der Waals surface area contributed by atoms with Crippen LogP contribution in [0.5, 0.6) is 5.75 Å². The number of carbonyl (C=O) groups is 1. The molecule has 2 aromatic rings. The van der Waals surface area contributed by atoms with Gasteiger partial charge in [-0.05, 0) is 57.8 Å². The van der Waals surface area contributed by atoms with Gasteiger partial charge in [0.15, 0.2) is 0 Å². The van der Waals surface area contributed by atoms with E-state index in [1.165, 1.54) is 12.8 Å². The summed E-state index contributed by atoms with van der Waals surface area (Å²) in [5.41, 5.74) is 2.04. The zero-order chi connectivity index (χ0) is 19.4. The van der Waals surface area contributed by atoms with E-state index in [9.17, 15) is 9.90 Å². The van der Waals surface area contributed by atoms with Gasteiger partial charge in [-0.25, -0.2) is 0 Å². The summed E-state index contributed by atoms with van der Waals surface area (Å²) >= 11 is 0. The first-order chi connectivity index (χ1) is 13.0. The van der Waals surface area contributed by atoms with Crippen LogP contribution < -0.4 is 5.32 Å². The Morgan fingerprint density at radius 2 is 1.89 bits per heavy atom. The number of aromatic hydroxyl groups is 1. The second-order valence-electron chi connectivity index (χ2n) is 7.70. The Morgan fingerprint density at radius 1 is 1.22 bits per heavy atom. The average Bonchev–Trinajstić information content (AvgIpc) is 3.24. The summed E-state index contributed by atoms with van der Waals surface area (Å²) in [6, 6.07) is 3.69. The number of amides is 1. The Labute approximate surface area is 161 Å². The molecule has 1 aromatic heterocycles. The number of carbonyl (C=O) groups excluding carboxylic acids is 1.